The monoisotopic (exact) mass is 334 g/mol. The van der Waals surface area contributed by atoms with E-state index in [4.69, 9.17) is 0 Å². The summed E-state index contributed by atoms with van der Waals surface area (Å²) in [6, 6.07) is 5.77. The standard InChI is InChI=1S/C15H15FN4O2S/c1-10(13(21)20-8-5-17-14(20)22)23-15-18-6-7-19(15)12-4-2-3-11(16)9-12/h2-4,6-7,9-10H,5,8H2,1H3,(H,17,22). The molecule has 1 atom stereocenters. The Hall–Kier alpha value is -2.35. The Balaban J connectivity index is 1.77. The van der Waals surface area contributed by atoms with Crippen LogP contribution in [-0.4, -0.2) is 44.7 Å². The molecular formula is C15H15FN4O2S. The molecule has 120 valence electrons. The number of nitrogens with one attached hydrogen (secondary N) is 1. The molecule has 1 aromatic carbocycles. The Kier molecular flexibility index (Phi) is 4.33. The second-order valence-corrected chi connectivity index (χ2v) is 6.35. The van der Waals surface area contributed by atoms with E-state index in [1.54, 1.807) is 36.0 Å². The third kappa shape index (κ3) is 3.21. The van der Waals surface area contributed by atoms with Crippen LogP contribution in [0.3, 0.4) is 0 Å². The summed E-state index contributed by atoms with van der Waals surface area (Å²) in [7, 11) is 0. The topological polar surface area (TPSA) is 67.2 Å². The van der Waals surface area contributed by atoms with E-state index in [1.165, 1.54) is 28.8 Å². The summed E-state index contributed by atoms with van der Waals surface area (Å²) in [5.74, 6) is -0.608. The molecule has 6 nitrogen and oxygen atoms in total. The molecule has 1 N–H and O–H groups in total. The second-order valence-electron chi connectivity index (χ2n) is 5.04. The lowest BCUT2D eigenvalue weighted by atomic mass is 10.3. The largest absolute Gasteiger partial charge is 0.336 e. The number of imidazole rings is 1. The van der Waals surface area contributed by atoms with E-state index in [-0.39, 0.29) is 17.8 Å². The lowest BCUT2D eigenvalue weighted by Crippen LogP contribution is -2.39. The van der Waals surface area contributed by atoms with Crippen LogP contribution in [0.15, 0.2) is 41.8 Å². The molecule has 0 aliphatic carbocycles. The van der Waals surface area contributed by atoms with Gasteiger partial charge in [-0.25, -0.2) is 14.2 Å². The minimum atomic E-state index is -0.478. The number of amides is 3. The van der Waals surface area contributed by atoms with Crippen LogP contribution in [0.2, 0.25) is 0 Å². The average molecular weight is 334 g/mol. The normalized spacial score (nSPS) is 15.6. The number of urea groups is 1. The zero-order chi connectivity index (χ0) is 16.4. The maximum atomic E-state index is 13.4. The van der Waals surface area contributed by atoms with Gasteiger partial charge in [0.05, 0.1) is 10.9 Å². The van der Waals surface area contributed by atoms with E-state index in [1.807, 2.05) is 0 Å². The SMILES string of the molecule is CC(Sc1nccn1-c1cccc(F)c1)C(=O)N1CCNC1=O. The van der Waals surface area contributed by atoms with Gasteiger partial charge in [0.15, 0.2) is 5.16 Å². The molecule has 0 spiro atoms. The summed E-state index contributed by atoms with van der Waals surface area (Å²) in [6.45, 7) is 2.57. The Bertz CT molecular complexity index is 749. The predicted molar refractivity (Wildman–Crippen MR) is 84.0 cm³/mol. The number of hydrogen-bond donors (Lipinski definition) is 1. The fourth-order valence-corrected chi connectivity index (χ4v) is 3.26. The van der Waals surface area contributed by atoms with Crippen LogP contribution in [0, 0.1) is 5.82 Å². The van der Waals surface area contributed by atoms with Gasteiger partial charge in [0.25, 0.3) is 0 Å². The molecule has 0 bridgehead atoms. The van der Waals surface area contributed by atoms with E-state index in [0.717, 1.165) is 0 Å². The lowest BCUT2D eigenvalue weighted by molar-refractivity contribution is -0.126. The van der Waals surface area contributed by atoms with Gasteiger partial charge in [0, 0.05) is 25.5 Å². The van der Waals surface area contributed by atoms with Crippen LogP contribution >= 0.6 is 11.8 Å². The van der Waals surface area contributed by atoms with Gasteiger partial charge in [-0.15, -0.1) is 0 Å². The van der Waals surface area contributed by atoms with Crippen molar-refractivity contribution in [3.8, 4) is 5.69 Å². The molecule has 0 radical (unpaired) electrons. The van der Waals surface area contributed by atoms with E-state index in [0.29, 0.717) is 23.9 Å². The molecule has 8 heteroatoms. The number of carbonyl (C=O) groups excluding carboxylic acids is 2. The number of benzene rings is 1. The highest BCUT2D eigenvalue weighted by molar-refractivity contribution is 8.00. The fraction of sp³-hybridized carbons (Fsp3) is 0.267. The van der Waals surface area contributed by atoms with E-state index in [2.05, 4.69) is 10.3 Å². The molecule has 1 unspecified atom stereocenters. The first-order valence-corrected chi connectivity index (χ1v) is 7.99. The van der Waals surface area contributed by atoms with Crippen LogP contribution in [0.25, 0.3) is 5.69 Å². The van der Waals surface area contributed by atoms with Crippen molar-refractivity contribution < 1.29 is 14.0 Å². The summed E-state index contributed by atoms with van der Waals surface area (Å²) in [4.78, 5) is 29.3. The second kappa shape index (κ2) is 6.41. The number of carbonyl (C=O) groups is 2. The number of halogens is 1. The van der Waals surface area contributed by atoms with Crippen LogP contribution in [0.5, 0.6) is 0 Å². The maximum Gasteiger partial charge on any atom is 0.324 e. The average Bonchev–Trinajstić information content (AvgIpc) is 3.15. The van der Waals surface area contributed by atoms with Gasteiger partial charge in [0.2, 0.25) is 5.91 Å². The molecule has 1 saturated heterocycles. The van der Waals surface area contributed by atoms with Crippen molar-refractivity contribution in [2.24, 2.45) is 0 Å². The first kappa shape index (κ1) is 15.5. The van der Waals surface area contributed by atoms with Crippen LogP contribution in [-0.2, 0) is 4.79 Å². The van der Waals surface area contributed by atoms with Crippen molar-refractivity contribution in [1.82, 2.24) is 19.8 Å². The van der Waals surface area contributed by atoms with Gasteiger partial charge in [-0.1, -0.05) is 17.8 Å². The van der Waals surface area contributed by atoms with Crippen LogP contribution in [0.4, 0.5) is 9.18 Å². The molecule has 0 saturated carbocycles. The summed E-state index contributed by atoms with van der Waals surface area (Å²) in [6.07, 6.45) is 3.30. The molecule has 1 aromatic heterocycles. The minimum absolute atomic E-state index is 0.265. The smallest absolute Gasteiger partial charge is 0.324 e. The number of imide groups is 1. The summed E-state index contributed by atoms with van der Waals surface area (Å²) in [5.41, 5.74) is 0.628. The maximum absolute atomic E-state index is 13.4. The summed E-state index contributed by atoms with van der Waals surface area (Å²) >= 11 is 1.23. The number of aromatic nitrogens is 2. The summed E-state index contributed by atoms with van der Waals surface area (Å²) < 4.78 is 15.1. The molecule has 1 aliphatic heterocycles. The number of thioether (sulfide) groups is 1. The number of nitrogens with zero attached hydrogens (tertiary/aromatic N) is 3. The molecule has 3 amide bonds. The minimum Gasteiger partial charge on any atom is -0.336 e. The Labute approximate surface area is 136 Å². The van der Waals surface area contributed by atoms with Crippen molar-refractivity contribution >= 4 is 23.7 Å². The van der Waals surface area contributed by atoms with Gasteiger partial charge in [0.1, 0.15) is 5.82 Å². The van der Waals surface area contributed by atoms with E-state index >= 15 is 0 Å². The highest BCUT2D eigenvalue weighted by Crippen LogP contribution is 2.26. The zero-order valence-electron chi connectivity index (χ0n) is 12.4. The Morgan fingerprint density at radius 2 is 2.30 bits per heavy atom. The van der Waals surface area contributed by atoms with Gasteiger partial charge in [-0.2, -0.15) is 0 Å². The molecule has 1 fully saturated rings. The molecule has 1 aliphatic rings. The van der Waals surface area contributed by atoms with Gasteiger partial charge < -0.3 is 5.32 Å². The third-order valence-electron chi connectivity index (χ3n) is 3.45. The third-order valence-corrected chi connectivity index (χ3v) is 4.51. The lowest BCUT2D eigenvalue weighted by Gasteiger charge is -2.17. The van der Waals surface area contributed by atoms with Crippen molar-refractivity contribution in [1.29, 1.82) is 0 Å². The first-order valence-electron chi connectivity index (χ1n) is 7.11. The molecule has 2 aromatic rings. The molecule has 23 heavy (non-hydrogen) atoms. The quantitative estimate of drug-likeness (QED) is 0.869. The van der Waals surface area contributed by atoms with E-state index in [9.17, 15) is 14.0 Å². The first-order chi connectivity index (χ1) is 11.1. The van der Waals surface area contributed by atoms with Crippen molar-refractivity contribution in [3.63, 3.8) is 0 Å². The van der Waals surface area contributed by atoms with E-state index < -0.39 is 5.25 Å². The van der Waals surface area contributed by atoms with Crippen molar-refractivity contribution in [2.75, 3.05) is 13.1 Å². The highest BCUT2D eigenvalue weighted by Gasteiger charge is 2.30. The Morgan fingerprint density at radius 1 is 1.48 bits per heavy atom. The molecule has 2 heterocycles. The predicted octanol–water partition coefficient (Wildman–Crippen LogP) is 2.04. The highest BCUT2D eigenvalue weighted by atomic mass is 32.2. The van der Waals surface area contributed by atoms with Crippen molar-refractivity contribution in [3.05, 3.63) is 42.5 Å². The van der Waals surface area contributed by atoms with Gasteiger partial charge in [-0.3, -0.25) is 14.3 Å². The van der Waals surface area contributed by atoms with Gasteiger partial charge >= 0.3 is 6.03 Å². The van der Waals surface area contributed by atoms with Crippen LogP contribution < -0.4 is 5.32 Å². The zero-order valence-corrected chi connectivity index (χ0v) is 13.2. The van der Waals surface area contributed by atoms with Crippen LogP contribution in [0.1, 0.15) is 6.92 Å². The summed E-state index contributed by atoms with van der Waals surface area (Å²) in [5, 5.41) is 2.69. The van der Waals surface area contributed by atoms with Gasteiger partial charge in [-0.05, 0) is 25.1 Å². The Morgan fingerprint density at radius 3 is 3.00 bits per heavy atom. The number of rotatable bonds is 4. The number of hydrogen-bond acceptors (Lipinski definition) is 4. The fourth-order valence-electron chi connectivity index (χ4n) is 2.31. The van der Waals surface area contributed by atoms with Crippen molar-refractivity contribution in [2.45, 2.75) is 17.3 Å². The molecule has 3 rings (SSSR count). The molecular weight excluding hydrogens is 319 g/mol.